The van der Waals surface area contributed by atoms with E-state index in [1.165, 1.54) is 98.7 Å². The predicted octanol–water partition coefficient (Wildman–Crippen LogP) is 16.9. The van der Waals surface area contributed by atoms with Crippen LogP contribution in [0.15, 0.2) is 140 Å². The van der Waals surface area contributed by atoms with E-state index in [-0.39, 0.29) is 10.8 Å². The van der Waals surface area contributed by atoms with Crippen molar-refractivity contribution in [3.05, 3.63) is 179 Å². The van der Waals surface area contributed by atoms with Crippen molar-refractivity contribution in [1.82, 2.24) is 0 Å². The molecule has 9 rings (SSSR count). The minimum Gasteiger partial charge on any atom is -0.184 e. The fraction of sp³-hybridized carbons (Fsp3) is 0.300. The zero-order chi connectivity index (χ0) is 46.3. The minimum atomic E-state index is -0.826. The molecule has 4 heteroatoms. The van der Waals surface area contributed by atoms with Gasteiger partial charge in [0.15, 0.2) is 0 Å². The van der Waals surface area contributed by atoms with E-state index in [1.54, 1.807) is 0 Å². The molecule has 0 atom stereocenters. The zero-order valence-corrected chi connectivity index (χ0v) is 45.1. The number of hydrogen-bond donors (Lipinski definition) is 0. The normalized spacial score (nSPS) is 11.9. The van der Waals surface area contributed by atoms with Crippen molar-refractivity contribution in [2.75, 3.05) is 0 Å². The van der Waals surface area contributed by atoms with Crippen molar-refractivity contribution in [2.45, 2.75) is 119 Å². The molecule has 330 valence electrons. The van der Waals surface area contributed by atoms with Crippen LogP contribution in [0.5, 0.6) is 0 Å². The first-order valence-electron chi connectivity index (χ1n) is 23.0. The maximum Gasteiger partial charge on any atom is 0.0920 e. The summed E-state index contributed by atoms with van der Waals surface area (Å²) in [5, 5.41) is 8.38. The number of benzene rings is 6. The Hall–Kier alpha value is -3.78. The van der Waals surface area contributed by atoms with Crippen molar-refractivity contribution in [3.8, 4) is 33.4 Å². The molecule has 0 bridgehead atoms. The Morgan fingerprint density at radius 1 is 0.547 bits per heavy atom. The molecule has 1 heterocycles. The summed E-state index contributed by atoms with van der Waals surface area (Å²) >= 11 is -0.826. The largest absolute Gasteiger partial charge is 0.184 e. The van der Waals surface area contributed by atoms with Crippen molar-refractivity contribution in [2.24, 2.45) is 0 Å². The summed E-state index contributed by atoms with van der Waals surface area (Å²) in [7, 11) is 10.7. The van der Waals surface area contributed by atoms with Gasteiger partial charge in [0.25, 0.3) is 0 Å². The van der Waals surface area contributed by atoms with E-state index in [4.69, 9.17) is 17.0 Å². The molecule has 8 aromatic carbocycles. The third-order valence-electron chi connectivity index (χ3n) is 12.4. The van der Waals surface area contributed by atoms with Crippen molar-refractivity contribution in [1.29, 1.82) is 0 Å². The number of rotatable bonds is 6. The van der Waals surface area contributed by atoms with Crippen LogP contribution >= 0.6 is 17.0 Å². The van der Waals surface area contributed by atoms with E-state index in [2.05, 4.69) is 223 Å². The second kappa shape index (κ2) is 21.7. The maximum absolute atomic E-state index is 4.93. The van der Waals surface area contributed by atoms with Crippen LogP contribution in [0, 0.1) is 6.07 Å². The summed E-state index contributed by atoms with van der Waals surface area (Å²) in [4.78, 5) is 0. The van der Waals surface area contributed by atoms with Gasteiger partial charge in [-0.25, -0.2) is 0 Å². The van der Waals surface area contributed by atoms with E-state index in [1.807, 2.05) is 6.07 Å². The van der Waals surface area contributed by atoms with Crippen LogP contribution in [0.3, 0.4) is 0 Å². The Bertz CT molecular complexity index is 2610. The number of hydrogen-bond acceptors (Lipinski definition) is 0. The second-order valence-corrected chi connectivity index (χ2v) is 24.6. The Morgan fingerprint density at radius 2 is 0.953 bits per heavy atom. The van der Waals surface area contributed by atoms with E-state index in [0.29, 0.717) is 11.8 Å². The smallest absolute Gasteiger partial charge is 0.0920 e. The Kier molecular flexibility index (Phi) is 16.8. The molecule has 0 nitrogen and oxygen atoms in total. The molecule has 8 aromatic rings. The molecule has 0 N–H and O–H groups in total. The average Bonchev–Trinajstić information content (AvgIpc) is 4.01. The Morgan fingerprint density at radius 3 is 1.38 bits per heavy atom. The van der Waals surface area contributed by atoms with Gasteiger partial charge in [0, 0.05) is 0 Å². The first kappa shape index (κ1) is 49.6. The Balaban J connectivity index is 0.000000160. The molecule has 0 amide bonds. The molecule has 1 aliphatic rings. The van der Waals surface area contributed by atoms with Gasteiger partial charge in [0.05, 0.1) is 9.52 Å². The van der Waals surface area contributed by atoms with E-state index >= 15 is 0 Å². The van der Waals surface area contributed by atoms with E-state index < -0.39 is 20.8 Å². The van der Waals surface area contributed by atoms with Gasteiger partial charge in [-0.1, -0.05) is 189 Å². The molecule has 0 aromatic heterocycles. The molecule has 0 aliphatic carbocycles. The molecule has 64 heavy (non-hydrogen) atoms. The van der Waals surface area contributed by atoms with Crippen molar-refractivity contribution < 1.29 is 20.8 Å². The predicted molar refractivity (Wildman–Crippen MR) is 282 cm³/mol. The zero-order valence-electron chi connectivity index (χ0n) is 40.1. The van der Waals surface area contributed by atoms with Gasteiger partial charge in [0.1, 0.15) is 0 Å². The second-order valence-electron chi connectivity index (χ2n) is 19.6. The fourth-order valence-corrected chi connectivity index (χ4v) is 10.4. The van der Waals surface area contributed by atoms with Crippen molar-refractivity contribution >= 4 is 58.5 Å². The fourth-order valence-electron chi connectivity index (χ4n) is 9.11. The summed E-state index contributed by atoms with van der Waals surface area (Å²) in [6.45, 7) is 27.5. The minimum absolute atomic E-state index is 0.122. The van der Waals surface area contributed by atoms with Gasteiger partial charge in [-0.3, -0.25) is 0 Å². The first-order valence-corrected chi connectivity index (χ1v) is 30.3. The van der Waals surface area contributed by atoms with E-state index in [0.717, 1.165) is 22.4 Å². The van der Waals surface area contributed by atoms with Crippen LogP contribution in [0.1, 0.15) is 128 Å². The van der Waals surface area contributed by atoms with Gasteiger partial charge in [-0.2, -0.15) is 41.6 Å². The van der Waals surface area contributed by atoms with Crippen LogP contribution < -0.4 is 10.4 Å². The number of aryl methyl sites for hydroxylation is 2. The molecule has 1 aliphatic heterocycles. The monoisotopic (exact) mass is 973 g/mol. The summed E-state index contributed by atoms with van der Waals surface area (Å²) < 4.78 is 0. The van der Waals surface area contributed by atoms with Crippen molar-refractivity contribution in [3.63, 3.8) is 0 Å². The molecular weight excluding hydrogens is 911 g/mol. The Labute approximate surface area is 407 Å². The van der Waals surface area contributed by atoms with Gasteiger partial charge >= 0.3 is 37.9 Å². The standard InChI is InChI=1S/2C24H29.C12H7Si.2ClH.Zr/c2*1-7-17-14-18-12-13-22(24(4,5)6)23(21(18)15-17)20-11-9-8-10-19(20)16(2)3;1-3-7-11-9(5-1)10-6-2-4-8-12(10)13-11;;;/h2*8-16H,7H2,1-6H3;1-7H;2*1H;/q3*-1;;;+2/p-2. The maximum atomic E-state index is 4.93. The summed E-state index contributed by atoms with van der Waals surface area (Å²) in [5.74, 6) is 1.04. The van der Waals surface area contributed by atoms with Gasteiger partial charge in [-0.05, 0) is 57.8 Å². The topological polar surface area (TPSA) is 0 Å². The summed E-state index contributed by atoms with van der Waals surface area (Å²) in [6.07, 6.45) is 2.18. The van der Waals surface area contributed by atoms with Crippen LogP contribution in [0.2, 0.25) is 0 Å². The van der Waals surface area contributed by atoms with Crippen LogP contribution in [-0.4, -0.2) is 9.52 Å². The molecule has 0 spiro atoms. The van der Waals surface area contributed by atoms with Crippen LogP contribution in [0.25, 0.3) is 54.9 Å². The summed E-state index contributed by atoms with van der Waals surface area (Å²) in [5.41, 5.74) is 17.3. The molecular formula is C60H65Cl2SiZr-3. The quantitative estimate of drug-likeness (QED) is 0.115. The molecule has 2 radical (unpaired) electrons. The van der Waals surface area contributed by atoms with Gasteiger partial charge in [-0.15, -0.1) is 74.6 Å². The van der Waals surface area contributed by atoms with Gasteiger partial charge in [0.2, 0.25) is 0 Å². The number of fused-ring (bicyclic) bond motifs is 5. The van der Waals surface area contributed by atoms with Crippen LogP contribution in [0.4, 0.5) is 0 Å². The molecule has 0 saturated heterocycles. The third kappa shape index (κ3) is 11.2. The van der Waals surface area contributed by atoms with Crippen LogP contribution in [-0.2, 0) is 44.5 Å². The molecule has 0 fully saturated rings. The number of halogens is 2. The average molecular weight is 976 g/mol. The molecule has 0 unspecified atom stereocenters. The summed E-state index contributed by atoms with van der Waals surface area (Å²) in [6, 6.07) is 54.8. The molecule has 0 saturated carbocycles. The SMILES string of the molecule is CCc1cc2c(-c3ccccc3C(C)C)c(C(C)(C)C)ccc2[cH-]1.CCc1cc2c(-c3ccccc3C(C)C)c(C(C)(C)C)ccc2[cH-]1.[Cl][Zr][Cl].[c-]1cccc2c1[Si]c1ccccc1-2. The van der Waals surface area contributed by atoms with E-state index in [9.17, 15) is 0 Å². The third-order valence-corrected chi connectivity index (χ3v) is 13.7. The van der Waals surface area contributed by atoms with Gasteiger partial charge < -0.3 is 0 Å². The first-order chi connectivity index (χ1) is 30.5.